The van der Waals surface area contributed by atoms with E-state index in [2.05, 4.69) is 25.2 Å². The smallest absolute Gasteiger partial charge is 0.132 e. The van der Waals surface area contributed by atoms with Crippen LogP contribution in [0.4, 0.5) is 4.39 Å². The van der Waals surface area contributed by atoms with Crippen LogP contribution in [0.15, 0.2) is 47.8 Å². The van der Waals surface area contributed by atoms with Crippen molar-refractivity contribution in [1.29, 1.82) is 0 Å². The lowest BCUT2D eigenvalue weighted by atomic mass is 9.99. The highest BCUT2D eigenvalue weighted by Crippen LogP contribution is 2.31. The van der Waals surface area contributed by atoms with Gasteiger partial charge in [0.2, 0.25) is 0 Å². The van der Waals surface area contributed by atoms with E-state index in [4.69, 9.17) is 14.2 Å². The number of allylic oxidation sites excluding steroid dienone is 2. The molecule has 1 saturated carbocycles. The fourth-order valence-electron chi connectivity index (χ4n) is 2.36. The van der Waals surface area contributed by atoms with E-state index in [0.717, 1.165) is 30.5 Å². The van der Waals surface area contributed by atoms with Crippen LogP contribution in [0.1, 0.15) is 33.1 Å². The van der Waals surface area contributed by atoms with Crippen LogP contribution >= 0.6 is 0 Å². The average molecular weight is 337 g/mol. The first kappa shape index (κ1) is 18.6. The van der Waals surface area contributed by atoms with Crippen molar-refractivity contribution in [2.75, 3.05) is 20.3 Å². The molecular formula is C19H28FNO3. The van der Waals surface area contributed by atoms with Gasteiger partial charge in [0.1, 0.15) is 11.9 Å². The van der Waals surface area contributed by atoms with Gasteiger partial charge < -0.3 is 19.5 Å². The van der Waals surface area contributed by atoms with Crippen molar-refractivity contribution in [3.8, 4) is 0 Å². The lowest BCUT2D eigenvalue weighted by Gasteiger charge is -2.28. The largest absolute Gasteiger partial charge is 0.501 e. The van der Waals surface area contributed by atoms with Crippen molar-refractivity contribution < 1.29 is 18.6 Å². The molecule has 4 nitrogen and oxygen atoms in total. The van der Waals surface area contributed by atoms with Crippen molar-refractivity contribution in [2.45, 2.75) is 45.3 Å². The minimum atomic E-state index is -0.0452. The van der Waals surface area contributed by atoms with Crippen molar-refractivity contribution in [2.24, 2.45) is 5.92 Å². The molecule has 1 aliphatic heterocycles. The van der Waals surface area contributed by atoms with E-state index >= 15 is 0 Å². The minimum absolute atomic E-state index is 0.0452. The quantitative estimate of drug-likeness (QED) is 0.483. The molecule has 0 aromatic carbocycles. The number of halogens is 1. The van der Waals surface area contributed by atoms with Crippen LogP contribution in [0.2, 0.25) is 0 Å². The van der Waals surface area contributed by atoms with Gasteiger partial charge in [0.25, 0.3) is 0 Å². The zero-order valence-corrected chi connectivity index (χ0v) is 14.8. The minimum Gasteiger partial charge on any atom is -0.501 e. The Morgan fingerprint density at radius 2 is 2.12 bits per heavy atom. The standard InChI is InChI=1S/C19H28FNO3/c1-14(2)19-13-17(21-15-5-6-15)16(7-9-20)18(24-19)8-12-23-11-4-10-22-3/h7-9,12-15,19,21H,4-6,10-11H2,1-3H3/b9-7+,12-8+. The SMILES string of the molecule is COCCCO/C=C/C1=C(/C=C/F)C(NC2CC2)=CC(C(C)C)O1. The van der Waals surface area contributed by atoms with Gasteiger partial charge in [-0.1, -0.05) is 13.8 Å². The van der Waals surface area contributed by atoms with Gasteiger partial charge in [-0.3, -0.25) is 0 Å². The van der Waals surface area contributed by atoms with Crippen molar-refractivity contribution in [3.05, 3.63) is 47.8 Å². The molecule has 1 fully saturated rings. The molecule has 1 heterocycles. The van der Waals surface area contributed by atoms with Crippen LogP contribution in [-0.4, -0.2) is 32.5 Å². The molecule has 24 heavy (non-hydrogen) atoms. The molecule has 0 aromatic heterocycles. The fraction of sp³-hybridized carbons (Fsp3) is 0.579. The fourth-order valence-corrected chi connectivity index (χ4v) is 2.36. The molecule has 1 unspecified atom stereocenters. The first-order valence-electron chi connectivity index (χ1n) is 8.59. The number of rotatable bonds is 10. The maximum Gasteiger partial charge on any atom is 0.132 e. The second kappa shape index (κ2) is 9.52. The molecule has 5 heteroatoms. The second-order valence-electron chi connectivity index (χ2n) is 6.42. The third-order valence-electron chi connectivity index (χ3n) is 3.90. The maximum absolute atomic E-state index is 12.9. The van der Waals surface area contributed by atoms with Crippen LogP contribution in [-0.2, 0) is 14.2 Å². The molecule has 1 atom stereocenters. The van der Waals surface area contributed by atoms with Crippen LogP contribution in [0.25, 0.3) is 0 Å². The lowest BCUT2D eigenvalue weighted by Crippen LogP contribution is -2.27. The van der Waals surface area contributed by atoms with Gasteiger partial charge in [-0.2, -0.15) is 0 Å². The first-order chi connectivity index (χ1) is 11.7. The highest BCUT2D eigenvalue weighted by atomic mass is 19.1. The zero-order valence-electron chi connectivity index (χ0n) is 14.8. The Hall–Kier alpha value is -1.75. The molecule has 0 spiro atoms. The molecular weight excluding hydrogens is 309 g/mol. The number of nitrogens with one attached hydrogen (secondary N) is 1. The average Bonchev–Trinajstić information content (AvgIpc) is 3.37. The topological polar surface area (TPSA) is 39.7 Å². The summed E-state index contributed by atoms with van der Waals surface area (Å²) in [4.78, 5) is 0. The van der Waals surface area contributed by atoms with Crippen LogP contribution in [0, 0.1) is 5.92 Å². The van der Waals surface area contributed by atoms with E-state index in [1.54, 1.807) is 19.4 Å². The molecule has 1 N–H and O–H groups in total. The Labute approximate surface area is 144 Å². The van der Waals surface area contributed by atoms with Gasteiger partial charge >= 0.3 is 0 Å². The summed E-state index contributed by atoms with van der Waals surface area (Å²) in [5.74, 6) is 0.947. The van der Waals surface area contributed by atoms with E-state index in [1.165, 1.54) is 6.08 Å². The summed E-state index contributed by atoms with van der Waals surface area (Å²) in [7, 11) is 1.67. The van der Waals surface area contributed by atoms with Gasteiger partial charge in [-0.05, 0) is 30.9 Å². The predicted molar refractivity (Wildman–Crippen MR) is 92.8 cm³/mol. The molecule has 134 valence electrons. The summed E-state index contributed by atoms with van der Waals surface area (Å²) < 4.78 is 29.3. The van der Waals surface area contributed by atoms with Crippen LogP contribution in [0.3, 0.4) is 0 Å². The van der Waals surface area contributed by atoms with E-state index in [-0.39, 0.29) is 6.10 Å². The maximum atomic E-state index is 12.9. The van der Waals surface area contributed by atoms with Crippen LogP contribution in [0.5, 0.6) is 0 Å². The molecule has 2 rings (SSSR count). The summed E-state index contributed by atoms with van der Waals surface area (Å²) in [6, 6.07) is 0.487. The second-order valence-corrected chi connectivity index (χ2v) is 6.42. The molecule has 1 aliphatic carbocycles. The van der Waals surface area contributed by atoms with Crippen molar-refractivity contribution in [1.82, 2.24) is 5.32 Å². The van der Waals surface area contributed by atoms with Gasteiger partial charge in [-0.25, -0.2) is 4.39 Å². The number of hydrogen-bond donors (Lipinski definition) is 1. The first-order valence-corrected chi connectivity index (χ1v) is 8.59. The monoisotopic (exact) mass is 337 g/mol. The number of hydrogen-bond acceptors (Lipinski definition) is 4. The number of methoxy groups -OCH3 is 1. The summed E-state index contributed by atoms with van der Waals surface area (Å²) in [5, 5.41) is 3.47. The van der Waals surface area contributed by atoms with E-state index in [0.29, 0.717) is 37.3 Å². The third-order valence-corrected chi connectivity index (χ3v) is 3.90. The zero-order chi connectivity index (χ0) is 17.4. The molecule has 0 bridgehead atoms. The van der Waals surface area contributed by atoms with E-state index in [9.17, 15) is 4.39 Å². The van der Waals surface area contributed by atoms with E-state index < -0.39 is 0 Å². The summed E-state index contributed by atoms with van der Waals surface area (Å²) in [6.45, 7) is 5.45. The Morgan fingerprint density at radius 1 is 1.33 bits per heavy atom. The van der Waals surface area contributed by atoms with Crippen molar-refractivity contribution >= 4 is 0 Å². The van der Waals surface area contributed by atoms with Crippen molar-refractivity contribution in [3.63, 3.8) is 0 Å². The summed E-state index contributed by atoms with van der Waals surface area (Å²) in [6.07, 6.45) is 10.5. The Morgan fingerprint density at radius 3 is 2.75 bits per heavy atom. The Balaban J connectivity index is 2.11. The number of ether oxygens (including phenoxy) is 3. The lowest BCUT2D eigenvalue weighted by molar-refractivity contribution is 0.115. The van der Waals surface area contributed by atoms with Gasteiger partial charge in [0.05, 0.1) is 19.2 Å². The molecule has 0 amide bonds. The van der Waals surface area contributed by atoms with Gasteiger partial charge in [0.15, 0.2) is 0 Å². The summed E-state index contributed by atoms with van der Waals surface area (Å²) in [5.41, 5.74) is 1.66. The van der Waals surface area contributed by atoms with Gasteiger partial charge in [0, 0.05) is 43.5 Å². The normalized spacial score (nSPS) is 21.5. The molecule has 0 aromatic rings. The predicted octanol–water partition coefficient (Wildman–Crippen LogP) is 3.98. The van der Waals surface area contributed by atoms with Gasteiger partial charge in [-0.15, -0.1) is 0 Å². The molecule has 0 radical (unpaired) electrons. The Kier molecular flexibility index (Phi) is 7.37. The molecule has 2 aliphatic rings. The molecule has 0 saturated heterocycles. The third kappa shape index (κ3) is 5.71. The summed E-state index contributed by atoms with van der Waals surface area (Å²) >= 11 is 0. The Bertz CT molecular complexity index is 519. The highest BCUT2D eigenvalue weighted by molar-refractivity contribution is 5.46. The van der Waals surface area contributed by atoms with E-state index in [1.807, 2.05) is 0 Å². The van der Waals surface area contributed by atoms with Crippen LogP contribution < -0.4 is 5.32 Å². The highest BCUT2D eigenvalue weighted by Gasteiger charge is 2.28.